The molecule has 7 nitrogen and oxygen atoms in total. The summed E-state index contributed by atoms with van der Waals surface area (Å²) in [5.74, 6) is -1.76. The molecule has 1 aromatic carbocycles. The number of halogens is 1. The topological polar surface area (TPSA) is 122 Å². The molecule has 0 fully saturated rings. The van der Waals surface area contributed by atoms with Crippen molar-refractivity contribution in [1.82, 2.24) is 5.32 Å². The predicted octanol–water partition coefficient (Wildman–Crippen LogP) is 1.42. The minimum atomic E-state index is -1.21. The zero-order chi connectivity index (χ0) is 15.3. The molecule has 8 heteroatoms. The van der Waals surface area contributed by atoms with Crippen LogP contribution in [0, 0.1) is 0 Å². The smallest absolute Gasteiger partial charge is 0.337 e. The first kappa shape index (κ1) is 15.8. The van der Waals surface area contributed by atoms with E-state index in [0.717, 1.165) is 0 Å². The van der Waals surface area contributed by atoms with E-state index < -0.39 is 23.9 Å². The Labute approximate surface area is 120 Å². The summed E-state index contributed by atoms with van der Waals surface area (Å²) in [6.07, 6.45) is -0.0141. The Balaban J connectivity index is 2.76. The largest absolute Gasteiger partial charge is 0.478 e. The van der Waals surface area contributed by atoms with E-state index in [1.165, 1.54) is 18.2 Å². The number of carbonyl (C=O) groups is 3. The Kier molecular flexibility index (Phi) is 5.33. The van der Waals surface area contributed by atoms with Gasteiger partial charge in [-0.05, 0) is 25.1 Å². The van der Waals surface area contributed by atoms with Crippen molar-refractivity contribution in [2.45, 2.75) is 19.4 Å². The first-order valence-electron chi connectivity index (χ1n) is 5.68. The molecule has 0 spiro atoms. The highest BCUT2D eigenvalue weighted by Crippen LogP contribution is 2.20. The van der Waals surface area contributed by atoms with Crippen LogP contribution in [0.25, 0.3) is 0 Å². The van der Waals surface area contributed by atoms with Gasteiger partial charge in [-0.1, -0.05) is 11.6 Å². The van der Waals surface area contributed by atoms with Crippen LogP contribution in [0.1, 0.15) is 23.7 Å². The SMILES string of the molecule is CC(CC(N)=O)NC(=O)Nc1ccc(Cl)cc1C(=O)O. The maximum atomic E-state index is 11.7. The van der Waals surface area contributed by atoms with Gasteiger partial charge in [0.25, 0.3) is 0 Å². The lowest BCUT2D eigenvalue weighted by Crippen LogP contribution is -2.38. The molecule has 0 saturated carbocycles. The molecule has 0 aliphatic rings. The second-order valence-electron chi connectivity index (χ2n) is 4.17. The van der Waals surface area contributed by atoms with Gasteiger partial charge < -0.3 is 21.5 Å². The van der Waals surface area contributed by atoms with Gasteiger partial charge in [0.1, 0.15) is 0 Å². The highest BCUT2D eigenvalue weighted by molar-refractivity contribution is 6.31. The van der Waals surface area contributed by atoms with Crippen LogP contribution in [0.4, 0.5) is 10.5 Å². The maximum Gasteiger partial charge on any atom is 0.337 e. The predicted molar refractivity (Wildman–Crippen MR) is 73.8 cm³/mol. The van der Waals surface area contributed by atoms with Crippen molar-refractivity contribution < 1.29 is 19.5 Å². The molecule has 0 aliphatic heterocycles. The highest BCUT2D eigenvalue weighted by Gasteiger charge is 2.15. The number of nitrogens with one attached hydrogen (secondary N) is 2. The van der Waals surface area contributed by atoms with Crippen molar-refractivity contribution in [2.75, 3.05) is 5.32 Å². The first-order chi connectivity index (χ1) is 9.29. The van der Waals surface area contributed by atoms with Gasteiger partial charge in [-0.2, -0.15) is 0 Å². The molecule has 5 N–H and O–H groups in total. The van der Waals surface area contributed by atoms with Gasteiger partial charge in [0.15, 0.2) is 0 Å². The average molecular weight is 300 g/mol. The molecule has 1 aromatic rings. The van der Waals surface area contributed by atoms with E-state index >= 15 is 0 Å². The molecule has 3 amide bonds. The summed E-state index contributed by atoms with van der Waals surface area (Å²) >= 11 is 5.70. The zero-order valence-electron chi connectivity index (χ0n) is 10.6. The van der Waals surface area contributed by atoms with Gasteiger partial charge in [0.05, 0.1) is 11.3 Å². The molecular weight excluding hydrogens is 286 g/mol. The summed E-state index contributed by atoms with van der Waals surface area (Å²) < 4.78 is 0. The summed E-state index contributed by atoms with van der Waals surface area (Å²) in [6, 6.07) is 2.96. The summed E-state index contributed by atoms with van der Waals surface area (Å²) in [6.45, 7) is 1.60. The van der Waals surface area contributed by atoms with Gasteiger partial charge in [-0.25, -0.2) is 9.59 Å². The molecule has 0 aliphatic carbocycles. The number of urea groups is 1. The zero-order valence-corrected chi connectivity index (χ0v) is 11.4. The van der Waals surface area contributed by atoms with E-state index in [4.69, 9.17) is 22.4 Å². The van der Waals surface area contributed by atoms with Gasteiger partial charge in [0.2, 0.25) is 5.91 Å². The molecule has 1 unspecified atom stereocenters. The minimum Gasteiger partial charge on any atom is -0.478 e. The normalized spacial score (nSPS) is 11.5. The number of benzene rings is 1. The van der Waals surface area contributed by atoms with E-state index in [-0.39, 0.29) is 22.7 Å². The van der Waals surface area contributed by atoms with Crippen LogP contribution in [-0.2, 0) is 4.79 Å². The van der Waals surface area contributed by atoms with Crippen LogP contribution in [0.2, 0.25) is 5.02 Å². The number of nitrogens with two attached hydrogens (primary N) is 1. The fourth-order valence-electron chi connectivity index (χ4n) is 1.54. The number of primary amides is 1. The third-order valence-corrected chi connectivity index (χ3v) is 2.58. The Morgan fingerprint density at radius 3 is 2.60 bits per heavy atom. The van der Waals surface area contributed by atoms with Crippen molar-refractivity contribution >= 4 is 35.2 Å². The van der Waals surface area contributed by atoms with Crippen LogP contribution < -0.4 is 16.4 Å². The van der Waals surface area contributed by atoms with Crippen molar-refractivity contribution in [1.29, 1.82) is 0 Å². The number of carboxylic acid groups (broad SMARTS) is 1. The second-order valence-corrected chi connectivity index (χ2v) is 4.60. The number of hydrogen-bond acceptors (Lipinski definition) is 3. The lowest BCUT2D eigenvalue weighted by Gasteiger charge is -2.14. The summed E-state index contributed by atoms with van der Waals surface area (Å²) in [5.41, 5.74) is 4.97. The number of amides is 3. The Morgan fingerprint density at radius 2 is 2.05 bits per heavy atom. The molecule has 1 rings (SSSR count). The average Bonchev–Trinajstić information content (AvgIpc) is 2.29. The Hall–Kier alpha value is -2.28. The summed E-state index contributed by atoms with van der Waals surface area (Å²) in [7, 11) is 0. The number of hydrogen-bond donors (Lipinski definition) is 4. The van der Waals surface area contributed by atoms with E-state index in [0.29, 0.717) is 0 Å². The van der Waals surface area contributed by atoms with E-state index in [2.05, 4.69) is 10.6 Å². The molecule has 0 aromatic heterocycles. The number of anilines is 1. The molecule has 108 valence electrons. The Bertz CT molecular complexity index is 548. The van der Waals surface area contributed by atoms with Crippen molar-refractivity contribution in [3.05, 3.63) is 28.8 Å². The molecule has 0 heterocycles. The van der Waals surface area contributed by atoms with E-state index in [1.807, 2.05) is 0 Å². The van der Waals surface area contributed by atoms with Gasteiger partial charge in [0, 0.05) is 17.5 Å². The van der Waals surface area contributed by atoms with Gasteiger partial charge in [-0.15, -0.1) is 0 Å². The lowest BCUT2D eigenvalue weighted by molar-refractivity contribution is -0.118. The monoisotopic (exact) mass is 299 g/mol. The van der Waals surface area contributed by atoms with Crippen molar-refractivity contribution in [3.8, 4) is 0 Å². The van der Waals surface area contributed by atoms with Crippen LogP contribution in [-0.4, -0.2) is 29.1 Å². The summed E-state index contributed by atoms with van der Waals surface area (Å²) in [5, 5.41) is 14.1. The lowest BCUT2D eigenvalue weighted by atomic mass is 10.2. The fraction of sp³-hybridized carbons (Fsp3) is 0.250. The first-order valence-corrected chi connectivity index (χ1v) is 6.06. The standard InChI is InChI=1S/C12H14ClN3O4/c1-6(4-10(14)17)15-12(20)16-9-3-2-7(13)5-8(9)11(18)19/h2-3,5-6H,4H2,1H3,(H2,14,17)(H,18,19)(H2,15,16,20). The van der Waals surface area contributed by atoms with Gasteiger partial charge >= 0.3 is 12.0 Å². The fourth-order valence-corrected chi connectivity index (χ4v) is 1.71. The van der Waals surface area contributed by atoms with Crippen LogP contribution in [0.15, 0.2) is 18.2 Å². The molecule has 20 heavy (non-hydrogen) atoms. The van der Waals surface area contributed by atoms with Gasteiger partial charge in [-0.3, -0.25) is 4.79 Å². The van der Waals surface area contributed by atoms with Crippen LogP contribution in [0.5, 0.6) is 0 Å². The van der Waals surface area contributed by atoms with E-state index in [1.54, 1.807) is 6.92 Å². The minimum absolute atomic E-state index is 0.0141. The summed E-state index contributed by atoms with van der Waals surface area (Å²) in [4.78, 5) is 33.4. The molecule has 0 bridgehead atoms. The third-order valence-electron chi connectivity index (χ3n) is 2.35. The highest BCUT2D eigenvalue weighted by atomic mass is 35.5. The van der Waals surface area contributed by atoms with Crippen LogP contribution in [0.3, 0.4) is 0 Å². The van der Waals surface area contributed by atoms with E-state index in [9.17, 15) is 14.4 Å². The molecule has 1 atom stereocenters. The number of carboxylic acids is 1. The number of aromatic carboxylic acids is 1. The molecule has 0 radical (unpaired) electrons. The second kappa shape index (κ2) is 6.76. The number of carbonyl (C=O) groups excluding carboxylic acids is 2. The maximum absolute atomic E-state index is 11.7. The molecule has 0 saturated heterocycles. The van der Waals surface area contributed by atoms with Crippen molar-refractivity contribution in [2.24, 2.45) is 5.73 Å². The van der Waals surface area contributed by atoms with Crippen molar-refractivity contribution in [3.63, 3.8) is 0 Å². The number of rotatable bonds is 5. The molecular formula is C12H14ClN3O4. The quantitative estimate of drug-likeness (QED) is 0.657. The third kappa shape index (κ3) is 4.77. The Morgan fingerprint density at radius 1 is 1.40 bits per heavy atom. The van der Waals surface area contributed by atoms with Crippen LogP contribution >= 0.6 is 11.6 Å².